The van der Waals surface area contributed by atoms with Crippen molar-refractivity contribution in [1.82, 2.24) is 4.98 Å². The van der Waals surface area contributed by atoms with E-state index in [4.69, 9.17) is 12.2 Å². The first-order valence-corrected chi connectivity index (χ1v) is 8.90. The summed E-state index contributed by atoms with van der Waals surface area (Å²) in [6.07, 6.45) is 1.36. The number of nitrogens with zero attached hydrogens (tertiary/aromatic N) is 1. The number of benzene rings is 1. The molecule has 1 aromatic heterocycles. The van der Waals surface area contributed by atoms with E-state index in [0.717, 1.165) is 4.47 Å². The number of hydrogen-bond acceptors (Lipinski definition) is 4. The van der Waals surface area contributed by atoms with Crippen LogP contribution in [0.2, 0.25) is 0 Å². The lowest BCUT2D eigenvalue weighted by atomic mass is 10.0. The molecule has 2 rings (SSSR count). The molecule has 0 aliphatic carbocycles. The number of hydrogen-bond donors (Lipinski definition) is 1. The predicted molar refractivity (Wildman–Crippen MR) is 87.2 cm³/mol. The van der Waals surface area contributed by atoms with Gasteiger partial charge in [-0.1, -0.05) is 47.2 Å². The Bertz CT molecular complexity index is 879. The van der Waals surface area contributed by atoms with Crippen LogP contribution in [0.1, 0.15) is 12.5 Å². The maximum atomic E-state index is 12.3. The van der Waals surface area contributed by atoms with Crippen LogP contribution in [0.3, 0.4) is 0 Å². The molecule has 0 atom stereocenters. The topological polar surface area (TPSA) is 73.7 Å². The summed E-state index contributed by atoms with van der Waals surface area (Å²) < 4.78 is 25.6. The molecular weight excluding hydrogens is 372 g/mol. The van der Waals surface area contributed by atoms with Crippen LogP contribution < -0.4 is 0 Å². The summed E-state index contributed by atoms with van der Waals surface area (Å²) >= 11 is 8.43. The van der Waals surface area contributed by atoms with Gasteiger partial charge in [0, 0.05) is 16.2 Å². The van der Waals surface area contributed by atoms with Gasteiger partial charge in [0.05, 0.1) is 16.2 Å². The number of aromatic nitrogens is 1. The molecule has 0 aliphatic heterocycles. The molecule has 0 bridgehead atoms. The molecule has 1 N–H and O–H groups in total. The van der Waals surface area contributed by atoms with Gasteiger partial charge in [0.1, 0.15) is 10.7 Å². The van der Waals surface area contributed by atoms with Crippen molar-refractivity contribution in [3.8, 4) is 17.2 Å². The highest BCUT2D eigenvalue weighted by atomic mass is 79.9. The van der Waals surface area contributed by atoms with Crippen LogP contribution in [0, 0.1) is 16.0 Å². The van der Waals surface area contributed by atoms with Crippen molar-refractivity contribution >= 4 is 38.0 Å². The summed E-state index contributed by atoms with van der Waals surface area (Å²) in [5, 5.41) is 9.34. The van der Waals surface area contributed by atoms with E-state index in [9.17, 15) is 13.7 Å². The first-order valence-electron chi connectivity index (χ1n) is 6.05. The first-order chi connectivity index (χ1) is 9.90. The van der Waals surface area contributed by atoms with E-state index in [2.05, 4.69) is 20.9 Å². The molecule has 0 saturated carbocycles. The molecule has 2 aromatic rings. The molecular formula is C14H11BrN2O2S2. The van der Waals surface area contributed by atoms with Crippen molar-refractivity contribution in [1.29, 1.82) is 5.26 Å². The Morgan fingerprint density at radius 2 is 1.95 bits per heavy atom. The molecule has 1 heterocycles. The molecule has 7 heteroatoms. The number of sulfone groups is 1. The zero-order valence-electron chi connectivity index (χ0n) is 11.1. The Morgan fingerprint density at radius 1 is 1.33 bits per heavy atom. The summed E-state index contributed by atoms with van der Waals surface area (Å²) in [4.78, 5) is 2.78. The van der Waals surface area contributed by atoms with Crippen LogP contribution in [0.25, 0.3) is 11.1 Å². The van der Waals surface area contributed by atoms with Crippen LogP contribution in [0.15, 0.2) is 39.8 Å². The smallest absolute Gasteiger partial charge is 0.180 e. The lowest BCUT2D eigenvalue weighted by Crippen LogP contribution is -2.08. The lowest BCUT2D eigenvalue weighted by Gasteiger charge is -2.11. The van der Waals surface area contributed by atoms with Gasteiger partial charge in [-0.15, -0.1) is 0 Å². The minimum Gasteiger partial charge on any atom is -0.350 e. The second-order valence-corrected chi connectivity index (χ2v) is 7.82. The summed E-state index contributed by atoms with van der Waals surface area (Å²) in [5.74, 6) is -0.0496. The zero-order valence-corrected chi connectivity index (χ0v) is 14.3. The van der Waals surface area contributed by atoms with E-state index in [-0.39, 0.29) is 20.9 Å². The standard InChI is InChI=1S/C14H11BrN2O2S2/c1-2-21(18,19)12-8-17-14(20)11(7-16)13(12)9-3-5-10(15)6-4-9/h3-6,8H,2H2,1H3,(H,17,20). The van der Waals surface area contributed by atoms with Gasteiger partial charge in [-0.2, -0.15) is 5.26 Å². The summed E-state index contributed by atoms with van der Waals surface area (Å²) in [7, 11) is -3.48. The van der Waals surface area contributed by atoms with Gasteiger partial charge in [-0.05, 0) is 17.7 Å². The molecule has 21 heavy (non-hydrogen) atoms. The third-order valence-corrected chi connectivity index (χ3v) is 5.62. The molecule has 0 saturated heterocycles. The number of halogens is 1. The Morgan fingerprint density at radius 3 is 2.48 bits per heavy atom. The molecule has 0 amide bonds. The second kappa shape index (κ2) is 6.10. The molecule has 4 nitrogen and oxygen atoms in total. The van der Waals surface area contributed by atoms with E-state index < -0.39 is 9.84 Å². The SMILES string of the molecule is CCS(=O)(=O)c1c[nH]c(=S)c(C#N)c1-c1ccc(Br)cc1. The lowest BCUT2D eigenvalue weighted by molar-refractivity contribution is 0.597. The van der Waals surface area contributed by atoms with Gasteiger partial charge < -0.3 is 4.98 Å². The summed E-state index contributed by atoms with van der Waals surface area (Å²) in [6.45, 7) is 1.56. The largest absolute Gasteiger partial charge is 0.350 e. The quantitative estimate of drug-likeness (QED) is 0.818. The second-order valence-electron chi connectivity index (χ2n) is 4.25. The Hall–Kier alpha value is -1.49. The highest BCUT2D eigenvalue weighted by Crippen LogP contribution is 2.32. The van der Waals surface area contributed by atoms with Gasteiger partial charge in [-0.3, -0.25) is 0 Å². The average molecular weight is 383 g/mol. The van der Waals surface area contributed by atoms with Crippen LogP contribution in [-0.2, 0) is 9.84 Å². The van der Waals surface area contributed by atoms with Crippen molar-refractivity contribution in [2.75, 3.05) is 5.75 Å². The minimum absolute atomic E-state index is 0.0496. The highest BCUT2D eigenvalue weighted by molar-refractivity contribution is 9.10. The number of H-pyrrole nitrogens is 1. The monoisotopic (exact) mass is 382 g/mol. The fourth-order valence-corrected chi connectivity index (χ4v) is 3.47. The maximum absolute atomic E-state index is 12.3. The van der Waals surface area contributed by atoms with Gasteiger partial charge >= 0.3 is 0 Å². The number of rotatable bonds is 3. The highest BCUT2D eigenvalue weighted by Gasteiger charge is 2.22. The van der Waals surface area contributed by atoms with Crippen molar-refractivity contribution in [3.63, 3.8) is 0 Å². The molecule has 1 aromatic carbocycles. The van der Waals surface area contributed by atoms with Crippen LogP contribution in [-0.4, -0.2) is 19.2 Å². The fraction of sp³-hybridized carbons (Fsp3) is 0.143. The molecule has 0 radical (unpaired) electrons. The normalized spacial score (nSPS) is 11.1. The van der Waals surface area contributed by atoms with Gasteiger partial charge in [0.2, 0.25) is 0 Å². The van der Waals surface area contributed by atoms with Crippen molar-refractivity contribution in [3.05, 3.63) is 45.1 Å². The predicted octanol–water partition coefficient (Wildman–Crippen LogP) is 3.84. The Balaban J connectivity index is 2.91. The number of nitriles is 1. The summed E-state index contributed by atoms with van der Waals surface area (Å²) in [5.41, 5.74) is 1.17. The Kier molecular flexibility index (Phi) is 4.61. The minimum atomic E-state index is -3.48. The van der Waals surface area contributed by atoms with Crippen molar-refractivity contribution in [2.24, 2.45) is 0 Å². The van der Waals surface area contributed by atoms with Gasteiger partial charge in [-0.25, -0.2) is 8.42 Å². The Labute approximate surface area is 136 Å². The van der Waals surface area contributed by atoms with E-state index in [0.29, 0.717) is 11.1 Å². The third kappa shape index (κ3) is 3.07. The van der Waals surface area contributed by atoms with E-state index >= 15 is 0 Å². The van der Waals surface area contributed by atoms with Gasteiger partial charge in [0.15, 0.2) is 9.84 Å². The van der Waals surface area contributed by atoms with Gasteiger partial charge in [0.25, 0.3) is 0 Å². The number of nitrogens with one attached hydrogen (secondary N) is 1. The van der Waals surface area contributed by atoms with E-state index in [1.807, 2.05) is 6.07 Å². The third-order valence-electron chi connectivity index (χ3n) is 3.02. The fourth-order valence-electron chi connectivity index (χ4n) is 1.92. The number of pyridine rings is 1. The van der Waals surface area contributed by atoms with Crippen molar-refractivity contribution in [2.45, 2.75) is 11.8 Å². The molecule has 0 aliphatic rings. The van der Waals surface area contributed by atoms with E-state index in [1.165, 1.54) is 6.20 Å². The van der Waals surface area contributed by atoms with Crippen LogP contribution >= 0.6 is 28.1 Å². The molecule has 108 valence electrons. The number of aromatic amines is 1. The zero-order chi connectivity index (χ0) is 15.6. The molecule has 0 unspecified atom stereocenters. The average Bonchev–Trinajstić information content (AvgIpc) is 2.47. The summed E-state index contributed by atoms with van der Waals surface area (Å²) in [6, 6.07) is 9.09. The first kappa shape index (κ1) is 15.9. The van der Waals surface area contributed by atoms with E-state index in [1.54, 1.807) is 31.2 Å². The molecule has 0 spiro atoms. The van der Waals surface area contributed by atoms with Crippen LogP contribution in [0.4, 0.5) is 0 Å². The molecule has 0 fully saturated rings. The van der Waals surface area contributed by atoms with Crippen molar-refractivity contribution < 1.29 is 8.42 Å². The van der Waals surface area contributed by atoms with Crippen LogP contribution in [0.5, 0.6) is 0 Å². The maximum Gasteiger partial charge on any atom is 0.180 e.